The molecule has 2 aliphatic carbocycles. The molecule has 0 saturated heterocycles. The van der Waals surface area contributed by atoms with E-state index in [0.717, 1.165) is 44.1 Å². The van der Waals surface area contributed by atoms with E-state index in [1.807, 2.05) is 30.3 Å². The largest absolute Gasteiger partial charge is 0.445 e. The van der Waals surface area contributed by atoms with Crippen LogP contribution in [0.5, 0.6) is 0 Å². The van der Waals surface area contributed by atoms with Crippen LogP contribution in [0.25, 0.3) is 0 Å². The van der Waals surface area contributed by atoms with Crippen molar-refractivity contribution < 1.29 is 18.7 Å². The van der Waals surface area contributed by atoms with Crippen LogP contribution in [0.3, 0.4) is 0 Å². The maximum absolute atomic E-state index is 13.5. The van der Waals surface area contributed by atoms with Crippen LogP contribution in [0.15, 0.2) is 54.6 Å². The average molecular weight is 395 g/mol. The van der Waals surface area contributed by atoms with Crippen molar-refractivity contribution in [3.05, 3.63) is 71.5 Å². The molecule has 0 spiro atoms. The Hall–Kier alpha value is -2.69. The minimum atomic E-state index is -0.400. The Morgan fingerprint density at radius 3 is 2.62 bits per heavy atom. The molecular formula is C24H26FNO3. The highest BCUT2D eigenvalue weighted by Crippen LogP contribution is 2.55. The number of ether oxygens (including phenoxy) is 1. The van der Waals surface area contributed by atoms with E-state index in [1.165, 1.54) is 12.1 Å². The van der Waals surface area contributed by atoms with E-state index in [-0.39, 0.29) is 29.2 Å². The molecule has 2 atom stereocenters. The van der Waals surface area contributed by atoms with Crippen molar-refractivity contribution in [1.82, 2.24) is 5.32 Å². The van der Waals surface area contributed by atoms with Gasteiger partial charge < -0.3 is 10.1 Å². The summed E-state index contributed by atoms with van der Waals surface area (Å²) in [7, 11) is 0. The number of ketones is 1. The second kappa shape index (κ2) is 7.97. The number of carbonyl (C=O) groups is 2. The van der Waals surface area contributed by atoms with Crippen molar-refractivity contribution in [2.24, 2.45) is 5.41 Å². The molecule has 4 rings (SSSR count). The van der Waals surface area contributed by atoms with Crippen molar-refractivity contribution in [1.29, 1.82) is 0 Å². The van der Waals surface area contributed by atoms with Gasteiger partial charge in [0.1, 0.15) is 12.4 Å². The van der Waals surface area contributed by atoms with E-state index in [0.29, 0.717) is 12.0 Å². The third-order valence-electron chi connectivity index (χ3n) is 6.47. The fraction of sp³-hybridized carbons (Fsp3) is 0.417. The van der Waals surface area contributed by atoms with Crippen LogP contribution in [0.1, 0.15) is 60.9 Å². The molecule has 4 nitrogen and oxygen atoms in total. The topological polar surface area (TPSA) is 55.4 Å². The van der Waals surface area contributed by atoms with Crippen molar-refractivity contribution in [2.75, 3.05) is 0 Å². The van der Waals surface area contributed by atoms with Gasteiger partial charge in [0.2, 0.25) is 0 Å². The first kappa shape index (κ1) is 19.6. The summed E-state index contributed by atoms with van der Waals surface area (Å²) in [5, 5.41) is 3.11. The highest BCUT2D eigenvalue weighted by Gasteiger charge is 2.52. The van der Waals surface area contributed by atoms with E-state index in [9.17, 15) is 14.0 Å². The van der Waals surface area contributed by atoms with E-state index in [2.05, 4.69) is 5.32 Å². The number of carbonyl (C=O) groups excluding carboxylic acids is 2. The highest BCUT2D eigenvalue weighted by atomic mass is 19.1. The second-order valence-electron chi connectivity index (χ2n) is 8.61. The van der Waals surface area contributed by atoms with Gasteiger partial charge in [0.05, 0.1) is 0 Å². The Morgan fingerprint density at radius 2 is 1.83 bits per heavy atom. The molecule has 152 valence electrons. The molecule has 2 aromatic rings. The maximum Gasteiger partial charge on any atom is 0.407 e. The molecule has 5 heteroatoms. The Kier molecular flexibility index (Phi) is 5.39. The van der Waals surface area contributed by atoms with E-state index >= 15 is 0 Å². The predicted octanol–water partition coefficient (Wildman–Crippen LogP) is 5.42. The van der Waals surface area contributed by atoms with E-state index in [1.54, 1.807) is 12.1 Å². The van der Waals surface area contributed by atoms with Gasteiger partial charge in [0, 0.05) is 17.5 Å². The van der Waals surface area contributed by atoms with E-state index < -0.39 is 6.09 Å². The van der Waals surface area contributed by atoms with Gasteiger partial charge in [-0.1, -0.05) is 48.9 Å². The summed E-state index contributed by atoms with van der Waals surface area (Å²) >= 11 is 0. The molecule has 29 heavy (non-hydrogen) atoms. The van der Waals surface area contributed by atoms with Crippen LogP contribution in [-0.2, 0) is 11.3 Å². The van der Waals surface area contributed by atoms with E-state index in [4.69, 9.17) is 4.74 Å². The van der Waals surface area contributed by atoms with Gasteiger partial charge in [-0.3, -0.25) is 4.79 Å². The molecule has 0 aromatic heterocycles. The lowest BCUT2D eigenvalue weighted by Gasteiger charge is -2.39. The molecule has 1 amide bonds. The standard InChI is InChI=1S/C24H26FNO3/c25-20-9-4-8-19(14-20)21(27)15-23-10-5-11-24(17-23,13-12-23)26-22(28)29-16-18-6-2-1-3-7-18/h1-4,6-9,14H,5,10-13,15-17H2,(H,26,28). The summed E-state index contributed by atoms with van der Waals surface area (Å²) in [4.78, 5) is 25.2. The third kappa shape index (κ3) is 4.50. The number of alkyl carbamates (subject to hydrolysis) is 1. The zero-order valence-electron chi connectivity index (χ0n) is 16.5. The molecule has 2 aromatic carbocycles. The number of amides is 1. The smallest absolute Gasteiger partial charge is 0.407 e. The molecule has 2 aliphatic rings. The SMILES string of the molecule is O=C(NC12CCCC(CC(=O)c3cccc(F)c3)(CC1)C2)OCc1ccccc1. The zero-order valence-corrected chi connectivity index (χ0v) is 16.5. The number of rotatable bonds is 6. The highest BCUT2D eigenvalue weighted by molar-refractivity contribution is 5.96. The molecule has 1 N–H and O–H groups in total. The number of fused-ring (bicyclic) bond motifs is 2. The predicted molar refractivity (Wildman–Crippen MR) is 108 cm³/mol. The Balaban J connectivity index is 1.37. The minimum Gasteiger partial charge on any atom is -0.445 e. The van der Waals surface area contributed by atoms with Crippen LogP contribution in [-0.4, -0.2) is 17.4 Å². The molecule has 2 fully saturated rings. The number of benzene rings is 2. The molecule has 2 bridgehead atoms. The Morgan fingerprint density at radius 1 is 1.00 bits per heavy atom. The summed E-state index contributed by atoms with van der Waals surface area (Å²) in [6, 6.07) is 15.5. The number of halogens is 1. The van der Waals surface area contributed by atoms with Crippen molar-refractivity contribution >= 4 is 11.9 Å². The summed E-state index contributed by atoms with van der Waals surface area (Å²) in [6.07, 6.45) is 5.37. The van der Waals surface area contributed by atoms with Crippen LogP contribution in [0.2, 0.25) is 0 Å². The first-order valence-corrected chi connectivity index (χ1v) is 10.3. The van der Waals surface area contributed by atoms with Crippen LogP contribution in [0.4, 0.5) is 9.18 Å². The molecule has 0 aliphatic heterocycles. The summed E-state index contributed by atoms with van der Waals surface area (Å²) in [6.45, 7) is 0.242. The maximum atomic E-state index is 13.5. The van der Waals surface area contributed by atoms with Gasteiger partial charge in [-0.15, -0.1) is 0 Å². The van der Waals surface area contributed by atoms with Gasteiger partial charge in [-0.25, -0.2) is 9.18 Å². The Labute approximate surface area is 170 Å². The van der Waals surface area contributed by atoms with Gasteiger partial charge >= 0.3 is 6.09 Å². The van der Waals surface area contributed by atoms with Crippen molar-refractivity contribution in [3.63, 3.8) is 0 Å². The van der Waals surface area contributed by atoms with Crippen LogP contribution >= 0.6 is 0 Å². The molecule has 0 radical (unpaired) electrons. The van der Waals surface area contributed by atoms with Gasteiger partial charge in [0.25, 0.3) is 0 Å². The van der Waals surface area contributed by atoms with Gasteiger partial charge in [0.15, 0.2) is 5.78 Å². The number of hydrogen-bond acceptors (Lipinski definition) is 3. The first-order chi connectivity index (χ1) is 14.0. The summed E-state index contributed by atoms with van der Waals surface area (Å²) in [5.74, 6) is -0.408. The molecule has 2 saturated carbocycles. The van der Waals surface area contributed by atoms with Crippen LogP contribution in [0, 0.1) is 11.2 Å². The first-order valence-electron chi connectivity index (χ1n) is 10.3. The number of hydrogen-bond donors (Lipinski definition) is 1. The second-order valence-corrected chi connectivity index (χ2v) is 8.61. The lowest BCUT2D eigenvalue weighted by atomic mass is 9.70. The monoisotopic (exact) mass is 395 g/mol. The summed E-state index contributed by atoms with van der Waals surface area (Å²) in [5.41, 5.74) is 0.964. The number of nitrogens with one attached hydrogen (secondary N) is 1. The lowest BCUT2D eigenvalue weighted by molar-refractivity contribution is 0.0841. The van der Waals surface area contributed by atoms with Gasteiger partial charge in [-0.2, -0.15) is 0 Å². The minimum absolute atomic E-state index is 0.0196. The third-order valence-corrected chi connectivity index (χ3v) is 6.47. The number of Topliss-reactive ketones (excluding diaryl/α,β-unsaturated/α-hetero) is 1. The van der Waals surface area contributed by atoms with Crippen molar-refractivity contribution in [2.45, 2.75) is 57.1 Å². The molecule has 2 unspecified atom stereocenters. The average Bonchev–Trinajstić information content (AvgIpc) is 2.96. The fourth-order valence-corrected chi connectivity index (χ4v) is 5.12. The van der Waals surface area contributed by atoms with Crippen LogP contribution < -0.4 is 5.32 Å². The lowest BCUT2D eigenvalue weighted by Crippen LogP contribution is -2.49. The molecular weight excluding hydrogens is 369 g/mol. The molecule has 0 heterocycles. The van der Waals surface area contributed by atoms with Gasteiger partial charge in [-0.05, 0) is 55.2 Å². The zero-order chi connectivity index (χ0) is 20.3. The quantitative estimate of drug-likeness (QED) is 0.665. The summed E-state index contributed by atoms with van der Waals surface area (Å²) < 4.78 is 18.9. The Bertz CT molecular complexity index is 900. The normalized spacial score (nSPS) is 25.4. The fourth-order valence-electron chi connectivity index (χ4n) is 5.12. The van der Waals surface area contributed by atoms with Crippen molar-refractivity contribution in [3.8, 4) is 0 Å².